The molecule has 11 heteroatoms. The van der Waals surface area contributed by atoms with Crippen LogP contribution >= 0.6 is 0 Å². The van der Waals surface area contributed by atoms with E-state index in [0.717, 1.165) is 83.8 Å². The van der Waals surface area contributed by atoms with Gasteiger partial charge < -0.3 is 16.4 Å². The Hall–Kier alpha value is -4.48. The molecule has 42 heavy (non-hydrogen) atoms. The van der Waals surface area contributed by atoms with Gasteiger partial charge in [-0.25, -0.2) is 9.97 Å². The van der Waals surface area contributed by atoms with E-state index in [1.165, 1.54) is 12.1 Å². The summed E-state index contributed by atoms with van der Waals surface area (Å²) < 4.78 is 41.4. The van der Waals surface area contributed by atoms with E-state index in [9.17, 15) is 18.0 Å². The van der Waals surface area contributed by atoms with Gasteiger partial charge in [0.25, 0.3) is 0 Å². The summed E-state index contributed by atoms with van der Waals surface area (Å²) in [6.07, 6.45) is -2.70. The largest absolute Gasteiger partial charge is 0.416 e. The average molecular weight is 574 g/mol. The molecular formula is C31H30F3N7O. The first kappa shape index (κ1) is 27.7. The lowest BCUT2D eigenvalue weighted by Crippen LogP contribution is -2.43. The van der Waals surface area contributed by atoms with Gasteiger partial charge in [0.05, 0.1) is 23.9 Å². The van der Waals surface area contributed by atoms with Gasteiger partial charge in [-0.15, -0.1) is 0 Å². The number of fused-ring (bicyclic) bond motifs is 2. The summed E-state index contributed by atoms with van der Waals surface area (Å²) in [5.41, 5.74) is 9.76. The van der Waals surface area contributed by atoms with Crippen molar-refractivity contribution >= 4 is 33.7 Å². The molecule has 4 N–H and O–H groups in total. The molecule has 0 spiro atoms. The lowest BCUT2D eigenvalue weighted by Gasteiger charge is -2.27. The Morgan fingerprint density at radius 3 is 2.57 bits per heavy atom. The fraction of sp³-hybridized carbons (Fsp3) is 0.258. The molecule has 2 aromatic heterocycles. The second kappa shape index (κ2) is 11.1. The number of anilines is 2. The first-order valence-electron chi connectivity index (χ1n) is 13.7. The Labute approximate surface area is 240 Å². The molecule has 3 heterocycles. The third-order valence-corrected chi connectivity index (χ3v) is 7.62. The molecule has 0 bridgehead atoms. The molecule has 0 unspecified atom stereocenters. The molecule has 0 saturated carbocycles. The first-order valence-corrected chi connectivity index (χ1v) is 13.7. The SMILES string of the molecule is Cc1nc(-c2ccc(CC(=O)Nc3cccc(C(F)(F)F)c3)c3ccccc23)c2c(N)ncc(CN3CCNCC3)n12. The van der Waals surface area contributed by atoms with E-state index >= 15 is 0 Å². The number of aryl methyl sites for hydroxylation is 1. The van der Waals surface area contributed by atoms with Crippen molar-refractivity contribution in [1.82, 2.24) is 24.6 Å². The van der Waals surface area contributed by atoms with Crippen LogP contribution in [0.1, 0.15) is 22.6 Å². The number of nitrogens with zero attached hydrogens (tertiary/aromatic N) is 4. The highest BCUT2D eigenvalue weighted by Gasteiger charge is 2.30. The maximum Gasteiger partial charge on any atom is 0.416 e. The normalized spacial score (nSPS) is 14.5. The number of carbonyl (C=O) groups is 1. The minimum atomic E-state index is -4.49. The van der Waals surface area contributed by atoms with Gasteiger partial charge in [0.1, 0.15) is 22.9 Å². The molecule has 216 valence electrons. The number of halogens is 3. The summed E-state index contributed by atoms with van der Waals surface area (Å²) in [5.74, 6) is 0.762. The highest BCUT2D eigenvalue weighted by molar-refractivity contribution is 6.04. The summed E-state index contributed by atoms with van der Waals surface area (Å²) >= 11 is 0. The third-order valence-electron chi connectivity index (χ3n) is 7.62. The Morgan fingerprint density at radius 2 is 1.81 bits per heavy atom. The average Bonchev–Trinajstić information content (AvgIpc) is 3.33. The minimum absolute atomic E-state index is 0.0153. The van der Waals surface area contributed by atoms with Crippen molar-refractivity contribution in [2.75, 3.05) is 37.2 Å². The molecule has 0 atom stereocenters. The van der Waals surface area contributed by atoms with Gasteiger partial charge in [0.2, 0.25) is 5.91 Å². The second-order valence-corrected chi connectivity index (χ2v) is 10.5. The number of piperazine rings is 1. The number of nitrogen functional groups attached to an aromatic ring is 1. The number of rotatable bonds is 6. The summed E-state index contributed by atoms with van der Waals surface area (Å²) in [6.45, 7) is 6.44. The van der Waals surface area contributed by atoms with E-state index < -0.39 is 17.6 Å². The van der Waals surface area contributed by atoms with Crippen molar-refractivity contribution in [3.63, 3.8) is 0 Å². The monoisotopic (exact) mass is 573 g/mol. The fourth-order valence-electron chi connectivity index (χ4n) is 5.65. The molecular weight excluding hydrogens is 543 g/mol. The van der Waals surface area contributed by atoms with Gasteiger partial charge in [0, 0.05) is 44.0 Å². The molecule has 1 aliphatic rings. The van der Waals surface area contributed by atoms with Crippen LogP contribution in [-0.4, -0.2) is 51.4 Å². The highest BCUT2D eigenvalue weighted by atomic mass is 19.4. The Morgan fingerprint density at radius 1 is 1.05 bits per heavy atom. The Balaban J connectivity index is 1.34. The van der Waals surface area contributed by atoms with Crippen LogP contribution in [0, 0.1) is 6.92 Å². The van der Waals surface area contributed by atoms with Crippen molar-refractivity contribution in [1.29, 1.82) is 0 Å². The van der Waals surface area contributed by atoms with Gasteiger partial charge >= 0.3 is 6.18 Å². The number of amides is 1. The molecule has 1 amide bonds. The van der Waals surface area contributed by atoms with E-state index in [4.69, 9.17) is 10.7 Å². The van der Waals surface area contributed by atoms with Crippen LogP contribution in [0.15, 0.2) is 66.9 Å². The quantitative estimate of drug-likeness (QED) is 0.263. The zero-order valence-electron chi connectivity index (χ0n) is 23.0. The van der Waals surface area contributed by atoms with Crippen LogP contribution in [0.25, 0.3) is 27.5 Å². The molecule has 1 saturated heterocycles. The lowest BCUT2D eigenvalue weighted by molar-refractivity contribution is -0.137. The summed E-state index contributed by atoms with van der Waals surface area (Å²) in [6, 6.07) is 16.1. The standard InChI is InChI=1S/C31H30F3N7O/c1-19-38-28(29-30(35)37-17-23(41(19)29)18-40-13-11-36-12-14-40)26-10-9-20(24-7-2-3-8-25(24)26)15-27(42)39-22-6-4-5-21(16-22)31(32,33)34/h2-10,16-17,36H,11-15,18H2,1H3,(H2,35,37)(H,39,42). The lowest BCUT2D eigenvalue weighted by atomic mass is 9.95. The summed E-state index contributed by atoms with van der Waals surface area (Å²) in [7, 11) is 0. The molecule has 1 aliphatic heterocycles. The van der Waals surface area contributed by atoms with Crippen molar-refractivity contribution < 1.29 is 18.0 Å². The summed E-state index contributed by atoms with van der Waals surface area (Å²) in [4.78, 5) is 24.8. The number of carbonyl (C=O) groups excluding carboxylic acids is 1. The van der Waals surface area contributed by atoms with Crippen LogP contribution < -0.4 is 16.4 Å². The molecule has 1 fully saturated rings. The number of hydrogen-bond donors (Lipinski definition) is 3. The van der Waals surface area contributed by atoms with Crippen molar-refractivity contribution in [2.45, 2.75) is 26.1 Å². The van der Waals surface area contributed by atoms with Crippen molar-refractivity contribution in [3.8, 4) is 11.3 Å². The van der Waals surface area contributed by atoms with E-state index in [1.54, 1.807) is 0 Å². The molecule has 3 aromatic carbocycles. The molecule has 0 aliphatic carbocycles. The van der Waals surface area contributed by atoms with Crippen LogP contribution in [0.5, 0.6) is 0 Å². The highest BCUT2D eigenvalue weighted by Crippen LogP contribution is 2.36. The number of hydrogen-bond acceptors (Lipinski definition) is 6. The Kier molecular flexibility index (Phi) is 7.29. The van der Waals surface area contributed by atoms with Crippen molar-refractivity contribution in [2.24, 2.45) is 0 Å². The smallest absolute Gasteiger partial charge is 0.382 e. The maximum absolute atomic E-state index is 13.1. The van der Waals surface area contributed by atoms with Crippen LogP contribution in [0.3, 0.4) is 0 Å². The molecule has 5 aromatic rings. The van der Waals surface area contributed by atoms with Gasteiger partial charge in [-0.3, -0.25) is 14.1 Å². The van der Waals surface area contributed by atoms with Crippen LogP contribution in [-0.2, 0) is 23.9 Å². The number of nitrogens with one attached hydrogen (secondary N) is 2. The van der Waals surface area contributed by atoms with Crippen LogP contribution in [0.2, 0.25) is 0 Å². The number of aromatic nitrogens is 3. The summed E-state index contributed by atoms with van der Waals surface area (Å²) in [5, 5.41) is 7.70. The van der Waals surface area contributed by atoms with E-state index in [1.807, 2.05) is 49.5 Å². The number of alkyl halides is 3. The third kappa shape index (κ3) is 5.40. The van der Waals surface area contributed by atoms with Crippen molar-refractivity contribution in [3.05, 3.63) is 89.5 Å². The zero-order valence-corrected chi connectivity index (χ0v) is 23.0. The number of imidazole rings is 1. The second-order valence-electron chi connectivity index (χ2n) is 10.5. The zero-order chi connectivity index (χ0) is 29.4. The topological polar surface area (TPSA) is 101 Å². The minimum Gasteiger partial charge on any atom is -0.382 e. The number of benzene rings is 3. The van der Waals surface area contributed by atoms with E-state index in [0.29, 0.717) is 11.5 Å². The Bertz CT molecular complexity index is 1790. The molecule has 8 nitrogen and oxygen atoms in total. The van der Waals surface area contributed by atoms with Crippen LogP contribution in [0.4, 0.5) is 24.7 Å². The maximum atomic E-state index is 13.1. The van der Waals surface area contributed by atoms with Gasteiger partial charge in [-0.2, -0.15) is 13.2 Å². The van der Waals surface area contributed by atoms with E-state index in [2.05, 4.69) is 24.9 Å². The molecule has 6 rings (SSSR count). The van der Waals surface area contributed by atoms with Gasteiger partial charge in [0.15, 0.2) is 0 Å². The molecule has 0 radical (unpaired) electrons. The number of nitrogens with two attached hydrogens (primary N) is 1. The first-order chi connectivity index (χ1) is 20.2. The van der Waals surface area contributed by atoms with Gasteiger partial charge in [-0.05, 0) is 41.5 Å². The van der Waals surface area contributed by atoms with E-state index in [-0.39, 0.29) is 12.1 Å². The fourth-order valence-corrected chi connectivity index (χ4v) is 5.65. The predicted molar refractivity (Wildman–Crippen MR) is 157 cm³/mol. The van der Waals surface area contributed by atoms with Gasteiger partial charge in [-0.1, -0.05) is 42.5 Å². The predicted octanol–water partition coefficient (Wildman–Crippen LogP) is 5.05.